The molecule has 0 atom stereocenters. The van der Waals surface area contributed by atoms with Crippen LogP contribution in [-0.4, -0.2) is 32.1 Å². The second-order valence-electron chi connectivity index (χ2n) is 5.90. The Bertz CT molecular complexity index is 747. The number of thiophene rings is 1. The molecular weight excluding hydrogens is 487 g/mol. The molecule has 0 radical (unpaired) electrons. The van der Waals surface area contributed by atoms with Crippen molar-refractivity contribution in [3.8, 4) is 5.75 Å². The Morgan fingerprint density at radius 1 is 1.00 bits per heavy atom. The number of benzene rings is 1. The predicted molar refractivity (Wildman–Crippen MR) is 127 cm³/mol. The van der Waals surface area contributed by atoms with Crippen molar-refractivity contribution in [3.63, 3.8) is 0 Å². The lowest BCUT2D eigenvalue weighted by Gasteiger charge is -2.10. The van der Waals surface area contributed by atoms with Gasteiger partial charge in [0.1, 0.15) is 12.3 Å². The van der Waals surface area contributed by atoms with Gasteiger partial charge in [0.2, 0.25) is 5.91 Å². The van der Waals surface area contributed by atoms with E-state index in [1.54, 1.807) is 18.4 Å². The van der Waals surface area contributed by atoms with E-state index in [-0.39, 0.29) is 36.4 Å². The SMILES string of the molecule is CCNC(=NCC(=O)NCc1ccc(OC)cc1)NCc1ccc(CC)s1.I. The maximum absolute atomic E-state index is 12.1. The number of hydrogen-bond donors (Lipinski definition) is 3. The van der Waals surface area contributed by atoms with E-state index in [9.17, 15) is 4.79 Å². The first-order chi connectivity index (χ1) is 13.1. The van der Waals surface area contributed by atoms with Gasteiger partial charge < -0.3 is 20.7 Å². The molecule has 1 amide bonds. The summed E-state index contributed by atoms with van der Waals surface area (Å²) < 4.78 is 5.13. The third-order valence-electron chi connectivity index (χ3n) is 3.87. The van der Waals surface area contributed by atoms with Crippen LogP contribution in [0.3, 0.4) is 0 Å². The van der Waals surface area contributed by atoms with Gasteiger partial charge in [-0.1, -0.05) is 19.1 Å². The molecule has 28 heavy (non-hydrogen) atoms. The van der Waals surface area contributed by atoms with Gasteiger partial charge in [0.15, 0.2) is 5.96 Å². The molecule has 0 unspecified atom stereocenters. The zero-order valence-corrected chi connectivity index (χ0v) is 19.7. The van der Waals surface area contributed by atoms with Gasteiger partial charge in [0, 0.05) is 22.8 Å². The minimum Gasteiger partial charge on any atom is -0.497 e. The number of aliphatic imine (C=N–C) groups is 1. The first-order valence-electron chi connectivity index (χ1n) is 9.14. The highest BCUT2D eigenvalue weighted by Crippen LogP contribution is 2.16. The van der Waals surface area contributed by atoms with E-state index in [4.69, 9.17) is 4.74 Å². The summed E-state index contributed by atoms with van der Waals surface area (Å²) in [4.78, 5) is 19.0. The summed E-state index contributed by atoms with van der Waals surface area (Å²) in [5.74, 6) is 1.32. The van der Waals surface area contributed by atoms with Crippen LogP contribution in [-0.2, 0) is 24.3 Å². The first-order valence-corrected chi connectivity index (χ1v) is 9.95. The van der Waals surface area contributed by atoms with Crippen LogP contribution in [0.5, 0.6) is 5.75 Å². The molecule has 0 aliphatic rings. The number of methoxy groups -OCH3 is 1. The molecule has 2 rings (SSSR count). The van der Waals surface area contributed by atoms with Crippen LogP contribution in [0.4, 0.5) is 0 Å². The summed E-state index contributed by atoms with van der Waals surface area (Å²) in [6.45, 7) is 6.14. The number of rotatable bonds is 9. The summed E-state index contributed by atoms with van der Waals surface area (Å²) in [6.07, 6.45) is 1.05. The van der Waals surface area contributed by atoms with Crippen LogP contribution < -0.4 is 20.7 Å². The summed E-state index contributed by atoms with van der Waals surface area (Å²) in [7, 11) is 1.63. The van der Waals surface area contributed by atoms with E-state index in [1.165, 1.54) is 9.75 Å². The molecule has 154 valence electrons. The Labute approximate surface area is 188 Å². The molecule has 6 nitrogen and oxygen atoms in total. The smallest absolute Gasteiger partial charge is 0.242 e. The fourth-order valence-electron chi connectivity index (χ4n) is 2.37. The number of nitrogens with one attached hydrogen (secondary N) is 3. The van der Waals surface area contributed by atoms with Gasteiger partial charge in [-0.3, -0.25) is 4.79 Å². The number of ether oxygens (including phenoxy) is 1. The summed E-state index contributed by atoms with van der Waals surface area (Å²) in [5.41, 5.74) is 1.02. The van der Waals surface area contributed by atoms with Crippen molar-refractivity contribution in [3.05, 3.63) is 51.7 Å². The number of carbonyl (C=O) groups excluding carboxylic acids is 1. The third kappa shape index (κ3) is 8.47. The normalized spacial score (nSPS) is 10.8. The minimum atomic E-state index is -0.118. The van der Waals surface area contributed by atoms with Gasteiger partial charge in [-0.25, -0.2) is 4.99 Å². The molecule has 3 N–H and O–H groups in total. The van der Waals surface area contributed by atoms with Crippen molar-refractivity contribution in [2.24, 2.45) is 4.99 Å². The monoisotopic (exact) mass is 516 g/mol. The number of guanidine groups is 1. The van der Waals surface area contributed by atoms with Crippen molar-refractivity contribution in [1.82, 2.24) is 16.0 Å². The minimum absolute atomic E-state index is 0. The lowest BCUT2D eigenvalue weighted by Crippen LogP contribution is -2.38. The van der Waals surface area contributed by atoms with E-state index in [0.29, 0.717) is 19.0 Å². The Balaban J connectivity index is 0.00000392. The Kier molecular flexibility index (Phi) is 11.6. The summed E-state index contributed by atoms with van der Waals surface area (Å²) in [5, 5.41) is 9.31. The molecule has 1 aromatic heterocycles. The van der Waals surface area contributed by atoms with Gasteiger partial charge in [-0.15, -0.1) is 35.3 Å². The number of amides is 1. The summed E-state index contributed by atoms with van der Waals surface area (Å²) in [6, 6.07) is 11.9. The van der Waals surface area contributed by atoms with Crippen molar-refractivity contribution < 1.29 is 9.53 Å². The molecule has 0 fully saturated rings. The zero-order valence-electron chi connectivity index (χ0n) is 16.6. The third-order valence-corrected chi connectivity index (χ3v) is 5.10. The first kappa shape index (κ1) is 24.2. The average Bonchev–Trinajstić information content (AvgIpc) is 3.17. The van der Waals surface area contributed by atoms with Gasteiger partial charge in [0.05, 0.1) is 13.7 Å². The second kappa shape index (κ2) is 13.4. The maximum Gasteiger partial charge on any atom is 0.242 e. The van der Waals surface area contributed by atoms with E-state index < -0.39 is 0 Å². The van der Waals surface area contributed by atoms with Crippen LogP contribution in [0.2, 0.25) is 0 Å². The van der Waals surface area contributed by atoms with Crippen LogP contribution >= 0.6 is 35.3 Å². The number of hydrogen-bond acceptors (Lipinski definition) is 4. The number of aryl methyl sites for hydroxylation is 1. The topological polar surface area (TPSA) is 74.8 Å². The van der Waals surface area contributed by atoms with Crippen molar-refractivity contribution in [2.45, 2.75) is 33.4 Å². The quantitative estimate of drug-likeness (QED) is 0.272. The van der Waals surface area contributed by atoms with Crippen molar-refractivity contribution in [1.29, 1.82) is 0 Å². The fraction of sp³-hybridized carbons (Fsp3) is 0.400. The van der Waals surface area contributed by atoms with Crippen LogP contribution in [0, 0.1) is 0 Å². The van der Waals surface area contributed by atoms with E-state index in [0.717, 1.165) is 24.3 Å². The Morgan fingerprint density at radius 3 is 2.32 bits per heavy atom. The molecule has 1 heterocycles. The Morgan fingerprint density at radius 2 is 1.71 bits per heavy atom. The lowest BCUT2D eigenvalue weighted by atomic mass is 10.2. The van der Waals surface area contributed by atoms with Crippen LogP contribution in [0.25, 0.3) is 0 Å². The van der Waals surface area contributed by atoms with Crippen LogP contribution in [0.1, 0.15) is 29.2 Å². The second-order valence-corrected chi connectivity index (χ2v) is 7.15. The molecular formula is C20H29IN4O2S. The van der Waals surface area contributed by atoms with E-state index in [1.807, 2.05) is 31.2 Å². The highest BCUT2D eigenvalue weighted by atomic mass is 127. The Hall–Kier alpha value is -1.81. The average molecular weight is 516 g/mol. The van der Waals surface area contributed by atoms with Gasteiger partial charge >= 0.3 is 0 Å². The molecule has 0 aliphatic heterocycles. The lowest BCUT2D eigenvalue weighted by molar-refractivity contribution is -0.119. The van der Waals surface area contributed by atoms with E-state index >= 15 is 0 Å². The maximum atomic E-state index is 12.1. The molecule has 0 spiro atoms. The van der Waals surface area contributed by atoms with E-state index in [2.05, 4.69) is 40.0 Å². The highest BCUT2D eigenvalue weighted by Gasteiger charge is 2.04. The summed E-state index contributed by atoms with van der Waals surface area (Å²) >= 11 is 1.79. The van der Waals surface area contributed by atoms with Crippen molar-refractivity contribution >= 4 is 47.2 Å². The number of halogens is 1. The molecule has 0 saturated heterocycles. The molecule has 0 aliphatic carbocycles. The zero-order chi connectivity index (χ0) is 19.5. The standard InChI is InChI=1S/C20H28N4O2S.HI/c1-4-17-10-11-18(27-17)13-23-20(21-5-2)24-14-19(25)22-12-15-6-8-16(26-3)9-7-15;/h6-11H,4-5,12-14H2,1-3H3,(H,22,25)(H2,21,23,24);1H. The molecule has 0 bridgehead atoms. The highest BCUT2D eigenvalue weighted by molar-refractivity contribution is 14.0. The molecule has 1 aromatic carbocycles. The fourth-order valence-corrected chi connectivity index (χ4v) is 3.27. The molecule has 8 heteroatoms. The largest absolute Gasteiger partial charge is 0.497 e. The number of carbonyl (C=O) groups is 1. The van der Waals surface area contributed by atoms with Gasteiger partial charge in [-0.2, -0.15) is 0 Å². The molecule has 0 saturated carbocycles. The van der Waals surface area contributed by atoms with Gasteiger partial charge in [0.25, 0.3) is 0 Å². The molecule has 2 aromatic rings. The predicted octanol–water partition coefficient (Wildman–Crippen LogP) is 3.31. The van der Waals surface area contributed by atoms with Crippen LogP contribution in [0.15, 0.2) is 41.4 Å². The number of nitrogens with zero attached hydrogens (tertiary/aromatic N) is 1. The van der Waals surface area contributed by atoms with Gasteiger partial charge in [-0.05, 0) is 43.2 Å². The van der Waals surface area contributed by atoms with Crippen molar-refractivity contribution in [2.75, 3.05) is 20.2 Å².